The zero-order valence-electron chi connectivity index (χ0n) is 16.5. The van der Waals surface area contributed by atoms with E-state index in [9.17, 15) is 13.2 Å². The zero-order valence-corrected chi connectivity index (χ0v) is 17.3. The number of sulfonamides is 1. The molecule has 1 amide bonds. The molecule has 0 aliphatic carbocycles. The van der Waals surface area contributed by atoms with E-state index in [2.05, 4.69) is 10.3 Å². The van der Waals surface area contributed by atoms with E-state index >= 15 is 0 Å². The Bertz CT molecular complexity index is 1130. The molecule has 8 heteroatoms. The van der Waals surface area contributed by atoms with Crippen LogP contribution in [0.5, 0.6) is 0 Å². The van der Waals surface area contributed by atoms with Crippen LogP contribution < -0.4 is 5.32 Å². The summed E-state index contributed by atoms with van der Waals surface area (Å²) >= 11 is 0. The summed E-state index contributed by atoms with van der Waals surface area (Å²) in [5.74, 6) is -0.250. The summed E-state index contributed by atoms with van der Waals surface area (Å²) in [7, 11) is -3.20. The number of pyridine rings is 1. The van der Waals surface area contributed by atoms with Crippen molar-refractivity contribution in [2.75, 3.05) is 24.7 Å². The molecule has 0 unspecified atom stereocenters. The summed E-state index contributed by atoms with van der Waals surface area (Å²) in [5, 5.41) is 3.04. The van der Waals surface area contributed by atoms with Gasteiger partial charge in [0.15, 0.2) is 0 Å². The number of imidazole rings is 1. The van der Waals surface area contributed by atoms with Crippen LogP contribution >= 0.6 is 0 Å². The van der Waals surface area contributed by atoms with Crippen molar-refractivity contribution in [3.8, 4) is 11.3 Å². The quantitative estimate of drug-likeness (QED) is 0.714. The van der Waals surface area contributed by atoms with Gasteiger partial charge in [0, 0.05) is 42.7 Å². The summed E-state index contributed by atoms with van der Waals surface area (Å²) < 4.78 is 26.7. The molecule has 152 valence electrons. The standard InChI is InChI=1S/C21H24N4O3S/c1-15-6-7-17(19-14-24-10-4-3-5-20(24)22-19)13-18(15)23-21(26)16-8-11-25(12-9-16)29(2,27)28/h3-7,10,13-14,16H,8-9,11-12H2,1-2H3,(H,23,26). The van der Waals surface area contributed by atoms with E-state index in [4.69, 9.17) is 0 Å². The summed E-state index contributed by atoms with van der Waals surface area (Å²) in [4.78, 5) is 17.4. The Morgan fingerprint density at radius 2 is 1.93 bits per heavy atom. The van der Waals surface area contributed by atoms with Gasteiger partial charge < -0.3 is 9.72 Å². The number of benzene rings is 1. The molecule has 2 aromatic heterocycles. The second kappa shape index (κ2) is 7.61. The molecule has 7 nitrogen and oxygen atoms in total. The molecule has 0 atom stereocenters. The predicted octanol–water partition coefficient (Wildman–Crippen LogP) is 2.92. The number of anilines is 1. The lowest BCUT2D eigenvalue weighted by Gasteiger charge is -2.29. The highest BCUT2D eigenvalue weighted by Crippen LogP contribution is 2.27. The number of piperidine rings is 1. The van der Waals surface area contributed by atoms with Crippen molar-refractivity contribution in [1.29, 1.82) is 0 Å². The van der Waals surface area contributed by atoms with Crippen LogP contribution in [0.4, 0.5) is 5.69 Å². The minimum Gasteiger partial charge on any atom is -0.326 e. The van der Waals surface area contributed by atoms with Crippen LogP contribution in [0.15, 0.2) is 48.8 Å². The highest BCUT2D eigenvalue weighted by molar-refractivity contribution is 7.88. The van der Waals surface area contributed by atoms with Crippen LogP contribution in [0, 0.1) is 12.8 Å². The molecular formula is C21H24N4O3S. The Morgan fingerprint density at radius 1 is 1.17 bits per heavy atom. The van der Waals surface area contributed by atoms with Gasteiger partial charge in [-0.25, -0.2) is 17.7 Å². The largest absolute Gasteiger partial charge is 0.326 e. The van der Waals surface area contributed by atoms with Crippen molar-refractivity contribution in [3.05, 3.63) is 54.4 Å². The number of carbonyl (C=O) groups is 1. The lowest BCUT2D eigenvalue weighted by Crippen LogP contribution is -2.40. The minimum atomic E-state index is -3.20. The second-order valence-electron chi connectivity index (χ2n) is 7.55. The van der Waals surface area contributed by atoms with Gasteiger partial charge in [0.1, 0.15) is 5.65 Å². The number of fused-ring (bicyclic) bond motifs is 1. The average molecular weight is 413 g/mol. The summed E-state index contributed by atoms with van der Waals surface area (Å²) in [6.07, 6.45) is 6.19. The van der Waals surface area contributed by atoms with Crippen molar-refractivity contribution in [3.63, 3.8) is 0 Å². The van der Waals surface area contributed by atoms with Gasteiger partial charge in [-0.15, -0.1) is 0 Å². The number of nitrogens with one attached hydrogen (secondary N) is 1. The average Bonchev–Trinajstić information content (AvgIpc) is 3.13. The van der Waals surface area contributed by atoms with Crippen LogP contribution in [0.3, 0.4) is 0 Å². The fourth-order valence-corrected chi connectivity index (χ4v) is 4.55. The fraction of sp³-hybridized carbons (Fsp3) is 0.333. The summed E-state index contributed by atoms with van der Waals surface area (Å²) in [6, 6.07) is 11.8. The van der Waals surface area contributed by atoms with E-state index in [0.717, 1.165) is 28.2 Å². The number of aryl methyl sites for hydroxylation is 1. The first kappa shape index (κ1) is 19.6. The second-order valence-corrected chi connectivity index (χ2v) is 9.53. The van der Waals surface area contributed by atoms with E-state index in [-0.39, 0.29) is 11.8 Å². The van der Waals surface area contributed by atoms with Gasteiger partial charge >= 0.3 is 0 Å². The van der Waals surface area contributed by atoms with Gasteiger partial charge in [-0.3, -0.25) is 4.79 Å². The summed E-state index contributed by atoms with van der Waals surface area (Å²) in [6.45, 7) is 2.73. The van der Waals surface area contributed by atoms with Crippen LogP contribution in [0.25, 0.3) is 16.9 Å². The molecule has 0 saturated carbocycles. The molecule has 0 spiro atoms. The zero-order chi connectivity index (χ0) is 20.6. The first-order valence-corrected chi connectivity index (χ1v) is 11.5. The SMILES string of the molecule is Cc1ccc(-c2cn3ccccc3n2)cc1NC(=O)C1CCN(S(C)(=O)=O)CC1. The Hall–Kier alpha value is -2.71. The van der Waals surface area contributed by atoms with Crippen LogP contribution in [0.2, 0.25) is 0 Å². The molecule has 1 aliphatic rings. The number of nitrogens with zero attached hydrogens (tertiary/aromatic N) is 3. The molecule has 1 aliphatic heterocycles. The van der Waals surface area contributed by atoms with Crippen molar-refractivity contribution in [2.24, 2.45) is 5.92 Å². The Morgan fingerprint density at radius 3 is 2.62 bits per heavy atom. The molecule has 0 bridgehead atoms. The maximum absolute atomic E-state index is 12.8. The predicted molar refractivity (Wildman–Crippen MR) is 113 cm³/mol. The van der Waals surface area contributed by atoms with Crippen molar-refractivity contribution >= 4 is 27.3 Å². The summed E-state index contributed by atoms with van der Waals surface area (Å²) in [5.41, 5.74) is 4.37. The van der Waals surface area contributed by atoms with Gasteiger partial charge in [0.25, 0.3) is 0 Å². The van der Waals surface area contributed by atoms with E-state index in [1.807, 2.05) is 60.1 Å². The van der Waals surface area contributed by atoms with Gasteiger partial charge in [-0.1, -0.05) is 18.2 Å². The third-order valence-electron chi connectivity index (χ3n) is 5.45. The molecule has 29 heavy (non-hydrogen) atoms. The van der Waals surface area contributed by atoms with E-state index < -0.39 is 10.0 Å². The highest BCUT2D eigenvalue weighted by atomic mass is 32.2. The third kappa shape index (κ3) is 4.18. The maximum Gasteiger partial charge on any atom is 0.227 e. The maximum atomic E-state index is 12.8. The fourth-order valence-electron chi connectivity index (χ4n) is 3.67. The first-order valence-electron chi connectivity index (χ1n) is 9.62. The van der Waals surface area contributed by atoms with Crippen molar-refractivity contribution in [1.82, 2.24) is 13.7 Å². The highest BCUT2D eigenvalue weighted by Gasteiger charge is 2.29. The van der Waals surface area contributed by atoms with E-state index in [0.29, 0.717) is 25.9 Å². The van der Waals surface area contributed by atoms with Crippen molar-refractivity contribution < 1.29 is 13.2 Å². The van der Waals surface area contributed by atoms with Gasteiger partial charge in [-0.05, 0) is 43.5 Å². The lowest BCUT2D eigenvalue weighted by molar-refractivity contribution is -0.120. The Balaban J connectivity index is 1.50. The minimum absolute atomic E-state index is 0.0617. The number of amides is 1. The number of rotatable bonds is 4. The van der Waals surface area contributed by atoms with Gasteiger partial charge in [0.2, 0.25) is 15.9 Å². The number of aromatic nitrogens is 2. The topological polar surface area (TPSA) is 83.8 Å². The normalized spacial score (nSPS) is 16.2. The van der Waals surface area contributed by atoms with Crippen molar-refractivity contribution in [2.45, 2.75) is 19.8 Å². The van der Waals surface area contributed by atoms with Crippen LogP contribution in [-0.2, 0) is 14.8 Å². The number of hydrogen-bond donors (Lipinski definition) is 1. The van der Waals surface area contributed by atoms with Crippen LogP contribution in [-0.4, -0.2) is 47.4 Å². The first-order chi connectivity index (χ1) is 13.8. The molecule has 1 fully saturated rings. The smallest absolute Gasteiger partial charge is 0.227 e. The van der Waals surface area contributed by atoms with Gasteiger partial charge in [0.05, 0.1) is 11.9 Å². The Labute approximate surface area is 170 Å². The Kier molecular flexibility index (Phi) is 5.14. The lowest BCUT2D eigenvalue weighted by atomic mass is 9.97. The molecule has 1 saturated heterocycles. The number of carbonyl (C=O) groups excluding carboxylic acids is 1. The monoisotopic (exact) mass is 412 g/mol. The van der Waals surface area contributed by atoms with E-state index in [1.54, 1.807) is 0 Å². The van der Waals surface area contributed by atoms with Gasteiger partial charge in [-0.2, -0.15) is 0 Å². The molecule has 4 rings (SSSR count). The number of hydrogen-bond acceptors (Lipinski definition) is 4. The van der Waals surface area contributed by atoms with Crippen LogP contribution in [0.1, 0.15) is 18.4 Å². The molecule has 0 radical (unpaired) electrons. The molecule has 3 aromatic rings. The van der Waals surface area contributed by atoms with E-state index in [1.165, 1.54) is 10.6 Å². The molecular weight excluding hydrogens is 388 g/mol. The molecule has 1 N–H and O–H groups in total. The molecule has 1 aromatic carbocycles. The molecule has 3 heterocycles. The third-order valence-corrected chi connectivity index (χ3v) is 6.75.